The van der Waals surface area contributed by atoms with Gasteiger partial charge in [-0.2, -0.15) is 11.8 Å². The number of aliphatic carboxylic acids is 1. The number of thioether (sulfide) groups is 1. The van der Waals surface area contributed by atoms with Crippen molar-refractivity contribution in [1.29, 1.82) is 0 Å². The summed E-state index contributed by atoms with van der Waals surface area (Å²) >= 11 is 1.39. The molecule has 1 saturated heterocycles. The van der Waals surface area contributed by atoms with Crippen LogP contribution in [-0.2, 0) is 20.9 Å². The van der Waals surface area contributed by atoms with E-state index < -0.39 is 5.97 Å². The molecule has 2 amide bonds. The molecular weight excluding hydrogens is 370 g/mol. The minimum Gasteiger partial charge on any atom is -0.481 e. The minimum atomic E-state index is -0.978. The van der Waals surface area contributed by atoms with Crippen LogP contribution in [0, 0.1) is 5.92 Å². The molecule has 2 N–H and O–H groups in total. The standard InChI is InChI=1S/C18H23N3O5S/c1-27-10-15(22)19-13-2-3-14-12-6-11(8-21(14)18(13)26)7-20(9-12)16(23)4-5-17(24)25/h2-3,11-12H,4-10H2,1H3,(H,19,22)(H,24,25)/t11-,12+/m0/s1. The number of hydrogen-bond donors (Lipinski definition) is 2. The number of anilines is 1. The van der Waals surface area contributed by atoms with Gasteiger partial charge in [-0.25, -0.2) is 0 Å². The molecule has 1 fully saturated rings. The first kappa shape index (κ1) is 19.5. The number of fused-ring (bicyclic) bond motifs is 4. The van der Waals surface area contributed by atoms with Gasteiger partial charge in [0.2, 0.25) is 11.8 Å². The maximum Gasteiger partial charge on any atom is 0.303 e. The number of aromatic nitrogens is 1. The molecule has 0 aromatic carbocycles. The van der Waals surface area contributed by atoms with Gasteiger partial charge in [0, 0.05) is 37.7 Å². The van der Waals surface area contributed by atoms with E-state index in [1.165, 1.54) is 11.8 Å². The maximum absolute atomic E-state index is 12.8. The second-order valence-corrected chi connectivity index (χ2v) is 7.93. The lowest BCUT2D eigenvalue weighted by molar-refractivity contribution is -0.141. The van der Waals surface area contributed by atoms with Crippen molar-refractivity contribution in [3.8, 4) is 0 Å². The molecule has 3 heterocycles. The lowest BCUT2D eigenvalue weighted by atomic mass is 9.83. The number of carboxylic acid groups (broad SMARTS) is 1. The summed E-state index contributed by atoms with van der Waals surface area (Å²) in [5, 5.41) is 11.4. The van der Waals surface area contributed by atoms with Crippen LogP contribution in [0.15, 0.2) is 16.9 Å². The summed E-state index contributed by atoms with van der Waals surface area (Å²) in [5.74, 6) is -0.835. The Bertz CT molecular complexity index is 822. The molecule has 0 aliphatic carbocycles. The lowest BCUT2D eigenvalue weighted by Gasteiger charge is -2.43. The molecule has 2 aliphatic heterocycles. The quantitative estimate of drug-likeness (QED) is 0.745. The molecule has 27 heavy (non-hydrogen) atoms. The van der Waals surface area contributed by atoms with Gasteiger partial charge in [0.05, 0.1) is 12.2 Å². The lowest BCUT2D eigenvalue weighted by Crippen LogP contribution is -2.49. The number of nitrogens with zero attached hydrogens (tertiary/aromatic N) is 2. The Kier molecular flexibility index (Phi) is 5.88. The average molecular weight is 393 g/mol. The van der Waals surface area contributed by atoms with Crippen LogP contribution in [0.4, 0.5) is 5.69 Å². The number of carbonyl (C=O) groups excluding carboxylic acids is 2. The Hall–Kier alpha value is -2.29. The Morgan fingerprint density at radius 2 is 2.00 bits per heavy atom. The molecule has 8 nitrogen and oxygen atoms in total. The first-order valence-electron chi connectivity index (χ1n) is 8.91. The van der Waals surface area contributed by atoms with Crippen molar-refractivity contribution in [3.05, 3.63) is 28.2 Å². The maximum atomic E-state index is 12.8. The molecule has 2 bridgehead atoms. The topological polar surface area (TPSA) is 109 Å². The normalized spacial score (nSPS) is 20.7. The molecule has 1 aromatic rings. The number of piperidine rings is 1. The molecule has 0 spiro atoms. The summed E-state index contributed by atoms with van der Waals surface area (Å²) < 4.78 is 1.71. The van der Waals surface area contributed by atoms with Gasteiger partial charge >= 0.3 is 5.97 Å². The summed E-state index contributed by atoms with van der Waals surface area (Å²) in [4.78, 5) is 49.3. The van der Waals surface area contributed by atoms with Crippen molar-refractivity contribution in [3.63, 3.8) is 0 Å². The molecule has 3 rings (SSSR count). The van der Waals surface area contributed by atoms with Crippen molar-refractivity contribution < 1.29 is 19.5 Å². The van der Waals surface area contributed by atoms with Gasteiger partial charge in [-0.3, -0.25) is 19.2 Å². The van der Waals surface area contributed by atoms with Crippen LogP contribution < -0.4 is 10.9 Å². The molecule has 0 saturated carbocycles. The molecule has 0 unspecified atom stereocenters. The van der Waals surface area contributed by atoms with E-state index in [9.17, 15) is 19.2 Å². The van der Waals surface area contributed by atoms with Gasteiger partial charge in [-0.15, -0.1) is 0 Å². The van der Waals surface area contributed by atoms with Gasteiger partial charge in [-0.1, -0.05) is 0 Å². The highest BCUT2D eigenvalue weighted by Crippen LogP contribution is 2.35. The predicted molar refractivity (Wildman–Crippen MR) is 102 cm³/mol. The highest BCUT2D eigenvalue weighted by molar-refractivity contribution is 7.99. The van der Waals surface area contributed by atoms with Crippen LogP contribution in [0.25, 0.3) is 0 Å². The Balaban J connectivity index is 1.77. The second-order valence-electron chi connectivity index (χ2n) is 7.06. The summed E-state index contributed by atoms with van der Waals surface area (Å²) in [5.41, 5.74) is 0.948. The van der Waals surface area contributed by atoms with E-state index in [-0.39, 0.29) is 47.7 Å². The minimum absolute atomic E-state index is 0.00197. The van der Waals surface area contributed by atoms with Gasteiger partial charge in [0.15, 0.2) is 0 Å². The number of pyridine rings is 1. The van der Waals surface area contributed by atoms with Gasteiger partial charge in [-0.05, 0) is 30.7 Å². The smallest absolute Gasteiger partial charge is 0.303 e. The first-order valence-corrected chi connectivity index (χ1v) is 10.3. The zero-order valence-corrected chi connectivity index (χ0v) is 16.0. The molecule has 0 radical (unpaired) electrons. The number of carbonyl (C=O) groups is 3. The molecule has 2 atom stereocenters. The second kappa shape index (κ2) is 8.16. The van der Waals surface area contributed by atoms with E-state index in [0.29, 0.717) is 25.4 Å². The van der Waals surface area contributed by atoms with Gasteiger partial charge in [0.25, 0.3) is 5.56 Å². The largest absolute Gasteiger partial charge is 0.481 e. The van der Waals surface area contributed by atoms with Crippen LogP contribution in [-0.4, -0.2) is 57.5 Å². The molecule has 9 heteroatoms. The zero-order valence-electron chi connectivity index (χ0n) is 15.1. The van der Waals surface area contributed by atoms with Crippen molar-refractivity contribution in [2.24, 2.45) is 5.92 Å². The number of amides is 2. The third-order valence-corrected chi connectivity index (χ3v) is 5.61. The number of rotatable bonds is 6. The number of carboxylic acids is 1. The van der Waals surface area contributed by atoms with Crippen molar-refractivity contribution in [2.45, 2.75) is 31.7 Å². The fraction of sp³-hybridized carbons (Fsp3) is 0.556. The van der Waals surface area contributed by atoms with Crippen LogP contribution in [0.3, 0.4) is 0 Å². The number of nitrogens with one attached hydrogen (secondary N) is 1. The van der Waals surface area contributed by atoms with Crippen molar-refractivity contribution in [2.75, 3.05) is 30.4 Å². The third kappa shape index (κ3) is 4.35. The summed E-state index contributed by atoms with van der Waals surface area (Å²) in [6, 6.07) is 3.49. The summed E-state index contributed by atoms with van der Waals surface area (Å²) in [7, 11) is 0. The van der Waals surface area contributed by atoms with E-state index >= 15 is 0 Å². The average Bonchev–Trinajstić information content (AvgIpc) is 2.62. The SMILES string of the molecule is CSCC(=O)Nc1ccc2n(c1=O)C[C@H]1C[C@@H]2CN(C(=O)CCC(=O)O)C1. The Morgan fingerprint density at radius 3 is 2.70 bits per heavy atom. The van der Waals surface area contributed by atoms with Crippen molar-refractivity contribution >= 4 is 35.2 Å². The molecule has 146 valence electrons. The summed E-state index contributed by atoms with van der Waals surface area (Å²) in [6.07, 6.45) is 2.56. The highest BCUT2D eigenvalue weighted by atomic mass is 32.2. The van der Waals surface area contributed by atoms with E-state index in [1.54, 1.807) is 15.5 Å². The van der Waals surface area contributed by atoms with E-state index in [0.717, 1.165) is 12.1 Å². The Morgan fingerprint density at radius 1 is 1.22 bits per heavy atom. The Labute approximate surface area is 160 Å². The monoisotopic (exact) mass is 393 g/mol. The molecular formula is C18H23N3O5S. The molecule has 1 aromatic heterocycles. The van der Waals surface area contributed by atoms with E-state index in [2.05, 4.69) is 5.32 Å². The fourth-order valence-corrected chi connectivity index (χ4v) is 4.27. The van der Waals surface area contributed by atoms with Crippen LogP contribution in [0.2, 0.25) is 0 Å². The zero-order chi connectivity index (χ0) is 19.6. The van der Waals surface area contributed by atoms with Gasteiger partial charge < -0.3 is 19.9 Å². The fourth-order valence-electron chi connectivity index (χ4n) is 3.93. The van der Waals surface area contributed by atoms with Crippen LogP contribution >= 0.6 is 11.8 Å². The summed E-state index contributed by atoms with van der Waals surface area (Å²) in [6.45, 7) is 1.52. The van der Waals surface area contributed by atoms with E-state index in [4.69, 9.17) is 5.11 Å². The molecule has 2 aliphatic rings. The van der Waals surface area contributed by atoms with Crippen LogP contribution in [0.5, 0.6) is 0 Å². The third-order valence-electron chi connectivity index (χ3n) is 5.06. The van der Waals surface area contributed by atoms with Crippen molar-refractivity contribution in [1.82, 2.24) is 9.47 Å². The van der Waals surface area contributed by atoms with Crippen LogP contribution in [0.1, 0.15) is 30.9 Å². The highest BCUT2D eigenvalue weighted by Gasteiger charge is 2.36. The first-order chi connectivity index (χ1) is 12.9. The van der Waals surface area contributed by atoms with Gasteiger partial charge in [0.1, 0.15) is 5.69 Å². The van der Waals surface area contributed by atoms with E-state index in [1.807, 2.05) is 12.3 Å². The number of hydrogen-bond acceptors (Lipinski definition) is 5. The predicted octanol–water partition coefficient (Wildman–Crippen LogP) is 0.960. The number of likely N-dealkylation sites (tertiary alicyclic amines) is 1.